The van der Waals surface area contributed by atoms with Crippen LogP contribution in [0, 0.1) is 13.8 Å². The van der Waals surface area contributed by atoms with Crippen molar-refractivity contribution >= 4 is 28.7 Å². The molecule has 4 nitrogen and oxygen atoms in total. The molecule has 2 aromatic heterocycles. The van der Waals surface area contributed by atoms with Gasteiger partial charge in [0.15, 0.2) is 0 Å². The van der Waals surface area contributed by atoms with Crippen LogP contribution in [0.5, 0.6) is 0 Å². The van der Waals surface area contributed by atoms with Gasteiger partial charge < -0.3 is 11.1 Å². The van der Waals surface area contributed by atoms with Crippen LogP contribution < -0.4 is 11.1 Å². The molecule has 0 aromatic carbocycles. The Balaban J connectivity index is 2.42. The third-order valence-electron chi connectivity index (χ3n) is 2.59. The van der Waals surface area contributed by atoms with Crippen LogP contribution in [0.15, 0.2) is 30.6 Å². The molecule has 0 saturated heterocycles. The van der Waals surface area contributed by atoms with Crippen LogP contribution in [0.3, 0.4) is 0 Å². The van der Waals surface area contributed by atoms with E-state index in [9.17, 15) is 0 Å². The molecule has 0 bridgehead atoms. The number of pyridine rings is 2. The Bertz CT molecular complexity index is 595. The highest BCUT2D eigenvalue weighted by Gasteiger charge is 2.08. The maximum Gasteiger partial charge on any atom is 0.140 e. The average molecular weight is 258 g/mol. The molecule has 5 heteroatoms. The molecule has 0 atom stereocenters. The normalized spacial score (nSPS) is 10.1. The summed E-state index contributed by atoms with van der Waals surface area (Å²) in [5.74, 6) is 0.665. The second kappa shape index (κ2) is 5.10. The third-order valence-corrected chi connectivity index (χ3v) is 2.81. The molecule has 0 unspecified atom stereocenters. The standard InChI is InChI=1S/C13H14N4S/c1-8-5-6-15-7-11(8)17-13-10(12(14)18)4-3-9(2)16-13/h3-7H,1-2H3,(H2,14,18)(H,16,17). The topological polar surface area (TPSA) is 63.8 Å². The Kier molecular flexibility index (Phi) is 3.53. The fourth-order valence-corrected chi connectivity index (χ4v) is 1.74. The summed E-state index contributed by atoms with van der Waals surface area (Å²) in [5, 5.41) is 3.22. The lowest BCUT2D eigenvalue weighted by Crippen LogP contribution is -2.13. The summed E-state index contributed by atoms with van der Waals surface area (Å²) < 4.78 is 0. The van der Waals surface area contributed by atoms with Crippen LogP contribution in [0.2, 0.25) is 0 Å². The van der Waals surface area contributed by atoms with Crippen LogP contribution >= 0.6 is 12.2 Å². The molecule has 0 aliphatic carbocycles. The Labute approximate surface area is 111 Å². The van der Waals surface area contributed by atoms with E-state index in [1.807, 2.05) is 32.0 Å². The number of thiocarbonyl (C=S) groups is 1. The van der Waals surface area contributed by atoms with Gasteiger partial charge in [0, 0.05) is 11.9 Å². The second-order valence-corrected chi connectivity index (χ2v) is 4.47. The highest BCUT2D eigenvalue weighted by Crippen LogP contribution is 2.21. The number of hydrogen-bond acceptors (Lipinski definition) is 4. The molecule has 2 aromatic rings. The fraction of sp³-hybridized carbons (Fsp3) is 0.154. The summed E-state index contributed by atoms with van der Waals surface area (Å²) >= 11 is 5.02. The van der Waals surface area contributed by atoms with Crippen LogP contribution in [0.4, 0.5) is 11.5 Å². The van der Waals surface area contributed by atoms with Crippen LogP contribution in [-0.4, -0.2) is 15.0 Å². The van der Waals surface area contributed by atoms with Gasteiger partial charge in [-0.2, -0.15) is 0 Å². The van der Waals surface area contributed by atoms with Gasteiger partial charge in [0.05, 0.1) is 17.4 Å². The average Bonchev–Trinajstić information content (AvgIpc) is 2.32. The van der Waals surface area contributed by atoms with E-state index in [2.05, 4.69) is 15.3 Å². The SMILES string of the molecule is Cc1ccc(C(N)=S)c(Nc2cnccc2C)n1. The zero-order chi connectivity index (χ0) is 13.1. The first-order chi connectivity index (χ1) is 8.58. The Hall–Kier alpha value is -2.01. The van der Waals surface area contributed by atoms with E-state index >= 15 is 0 Å². The number of aromatic nitrogens is 2. The van der Waals surface area contributed by atoms with Crippen molar-refractivity contribution in [2.75, 3.05) is 5.32 Å². The fourth-order valence-electron chi connectivity index (χ4n) is 1.57. The lowest BCUT2D eigenvalue weighted by molar-refractivity contribution is 1.18. The highest BCUT2D eigenvalue weighted by molar-refractivity contribution is 7.80. The minimum absolute atomic E-state index is 0.326. The quantitative estimate of drug-likeness (QED) is 0.828. The molecule has 0 fully saturated rings. The zero-order valence-corrected chi connectivity index (χ0v) is 11.1. The Morgan fingerprint density at radius 3 is 2.72 bits per heavy atom. The second-order valence-electron chi connectivity index (χ2n) is 4.03. The van der Waals surface area contributed by atoms with Gasteiger partial charge in [0.25, 0.3) is 0 Å². The minimum atomic E-state index is 0.326. The van der Waals surface area contributed by atoms with Gasteiger partial charge in [0.1, 0.15) is 10.8 Å². The van der Waals surface area contributed by atoms with Crippen molar-refractivity contribution in [1.82, 2.24) is 9.97 Å². The van der Waals surface area contributed by atoms with Crippen molar-refractivity contribution in [2.45, 2.75) is 13.8 Å². The number of nitrogens with two attached hydrogens (primary N) is 1. The lowest BCUT2D eigenvalue weighted by atomic mass is 10.2. The number of anilines is 2. The number of rotatable bonds is 3. The van der Waals surface area contributed by atoms with Crippen molar-refractivity contribution < 1.29 is 0 Å². The van der Waals surface area contributed by atoms with Crippen molar-refractivity contribution in [3.8, 4) is 0 Å². The van der Waals surface area contributed by atoms with Crippen LogP contribution in [0.25, 0.3) is 0 Å². The molecule has 0 amide bonds. The van der Waals surface area contributed by atoms with E-state index in [0.29, 0.717) is 10.8 Å². The summed E-state index contributed by atoms with van der Waals surface area (Å²) in [6, 6.07) is 5.69. The van der Waals surface area contributed by atoms with E-state index in [1.54, 1.807) is 12.4 Å². The van der Waals surface area contributed by atoms with Crippen molar-refractivity contribution in [3.63, 3.8) is 0 Å². The lowest BCUT2D eigenvalue weighted by Gasteiger charge is -2.12. The van der Waals surface area contributed by atoms with E-state index in [-0.39, 0.29) is 0 Å². The summed E-state index contributed by atoms with van der Waals surface area (Å²) in [6.07, 6.45) is 3.50. The van der Waals surface area contributed by atoms with Gasteiger partial charge in [-0.05, 0) is 37.6 Å². The molecular weight excluding hydrogens is 244 g/mol. The molecule has 0 radical (unpaired) electrons. The molecule has 2 heterocycles. The van der Waals surface area contributed by atoms with E-state index in [4.69, 9.17) is 18.0 Å². The maximum atomic E-state index is 5.69. The van der Waals surface area contributed by atoms with Gasteiger partial charge >= 0.3 is 0 Å². The maximum absolute atomic E-state index is 5.69. The van der Waals surface area contributed by atoms with Gasteiger partial charge in [-0.3, -0.25) is 4.98 Å². The molecule has 3 N–H and O–H groups in total. The molecular formula is C13H14N4S. The summed E-state index contributed by atoms with van der Waals surface area (Å²) in [6.45, 7) is 3.92. The van der Waals surface area contributed by atoms with Crippen molar-refractivity contribution in [3.05, 3.63) is 47.4 Å². The van der Waals surface area contributed by atoms with Gasteiger partial charge in [0.2, 0.25) is 0 Å². The molecule has 0 spiro atoms. The van der Waals surface area contributed by atoms with Gasteiger partial charge in [-0.25, -0.2) is 4.98 Å². The van der Waals surface area contributed by atoms with Gasteiger partial charge in [-0.1, -0.05) is 12.2 Å². The molecule has 92 valence electrons. The minimum Gasteiger partial charge on any atom is -0.389 e. The first-order valence-electron chi connectivity index (χ1n) is 5.53. The Morgan fingerprint density at radius 1 is 1.28 bits per heavy atom. The first-order valence-corrected chi connectivity index (χ1v) is 5.94. The van der Waals surface area contributed by atoms with E-state index in [0.717, 1.165) is 22.5 Å². The van der Waals surface area contributed by atoms with Crippen molar-refractivity contribution in [2.24, 2.45) is 5.73 Å². The number of hydrogen-bond donors (Lipinski definition) is 2. The largest absolute Gasteiger partial charge is 0.389 e. The van der Waals surface area contributed by atoms with Crippen LogP contribution in [-0.2, 0) is 0 Å². The zero-order valence-electron chi connectivity index (χ0n) is 10.3. The van der Waals surface area contributed by atoms with E-state index in [1.165, 1.54) is 0 Å². The number of aryl methyl sites for hydroxylation is 2. The van der Waals surface area contributed by atoms with Crippen LogP contribution in [0.1, 0.15) is 16.8 Å². The monoisotopic (exact) mass is 258 g/mol. The summed E-state index contributed by atoms with van der Waals surface area (Å²) in [4.78, 5) is 8.83. The number of nitrogens with zero attached hydrogens (tertiary/aromatic N) is 2. The molecule has 2 rings (SSSR count). The predicted molar refractivity (Wildman–Crippen MR) is 77.1 cm³/mol. The molecule has 0 aliphatic rings. The van der Waals surface area contributed by atoms with Crippen molar-refractivity contribution in [1.29, 1.82) is 0 Å². The Morgan fingerprint density at radius 2 is 2.06 bits per heavy atom. The number of nitrogens with one attached hydrogen (secondary N) is 1. The van der Waals surface area contributed by atoms with Gasteiger partial charge in [-0.15, -0.1) is 0 Å². The third kappa shape index (κ3) is 2.62. The smallest absolute Gasteiger partial charge is 0.140 e. The molecule has 0 aliphatic heterocycles. The predicted octanol–water partition coefficient (Wildman–Crippen LogP) is 2.47. The summed E-state index contributed by atoms with van der Waals surface area (Å²) in [5.41, 5.74) is 9.31. The highest BCUT2D eigenvalue weighted by atomic mass is 32.1. The summed E-state index contributed by atoms with van der Waals surface area (Å²) in [7, 11) is 0. The molecule has 0 saturated carbocycles. The molecule has 18 heavy (non-hydrogen) atoms. The van der Waals surface area contributed by atoms with E-state index < -0.39 is 0 Å². The first kappa shape index (κ1) is 12.4.